The van der Waals surface area contributed by atoms with E-state index >= 15 is 0 Å². The zero-order valence-corrected chi connectivity index (χ0v) is 17.4. The summed E-state index contributed by atoms with van der Waals surface area (Å²) >= 11 is 6.31. The standard InChI is InChI=1S/C22H20ClFN4O3/c1-27-17-12-28(11-10-18(29)25-16-9-5-4-8-15(16)24)21(30)19(17)20(26-22(27)31)13-6-2-3-7-14(13)23/h2-9,20H,10-12H2,1H3,(H,25,29)(H,26,31). The zero-order valence-electron chi connectivity index (χ0n) is 16.7. The number of likely N-dealkylation sites (N-methyl/N-ethyl adjacent to an activating group) is 1. The van der Waals surface area contributed by atoms with E-state index < -0.39 is 17.8 Å². The van der Waals surface area contributed by atoms with E-state index in [1.807, 2.05) is 0 Å². The van der Waals surface area contributed by atoms with Gasteiger partial charge in [-0.25, -0.2) is 9.18 Å². The maximum atomic E-state index is 13.7. The third-order valence-electron chi connectivity index (χ3n) is 5.41. The quantitative estimate of drug-likeness (QED) is 0.745. The van der Waals surface area contributed by atoms with Crippen molar-refractivity contribution in [1.82, 2.24) is 15.1 Å². The first kappa shape index (κ1) is 20.9. The summed E-state index contributed by atoms with van der Waals surface area (Å²) in [5.41, 5.74) is 1.73. The van der Waals surface area contributed by atoms with Crippen LogP contribution in [0.5, 0.6) is 0 Å². The van der Waals surface area contributed by atoms with E-state index in [0.717, 1.165) is 0 Å². The summed E-state index contributed by atoms with van der Waals surface area (Å²) in [7, 11) is 1.59. The van der Waals surface area contributed by atoms with Crippen molar-refractivity contribution in [3.8, 4) is 0 Å². The number of urea groups is 1. The summed E-state index contributed by atoms with van der Waals surface area (Å²) < 4.78 is 13.7. The molecular formula is C22H20ClFN4O3. The van der Waals surface area contributed by atoms with Crippen molar-refractivity contribution in [2.24, 2.45) is 0 Å². The maximum absolute atomic E-state index is 13.7. The molecule has 0 fully saturated rings. The average Bonchev–Trinajstić information content (AvgIpc) is 3.08. The first-order chi connectivity index (χ1) is 14.9. The van der Waals surface area contributed by atoms with E-state index in [2.05, 4.69) is 10.6 Å². The molecule has 0 aromatic heterocycles. The van der Waals surface area contributed by atoms with Gasteiger partial charge >= 0.3 is 6.03 Å². The van der Waals surface area contributed by atoms with Crippen molar-refractivity contribution < 1.29 is 18.8 Å². The van der Waals surface area contributed by atoms with Crippen molar-refractivity contribution in [2.75, 3.05) is 25.5 Å². The molecular weight excluding hydrogens is 423 g/mol. The number of nitrogens with one attached hydrogen (secondary N) is 2. The Hall–Kier alpha value is -3.39. The number of anilines is 1. The highest BCUT2D eigenvalue weighted by Gasteiger charge is 2.43. The fraction of sp³-hybridized carbons (Fsp3) is 0.227. The number of carbonyl (C=O) groups is 3. The van der Waals surface area contributed by atoms with Gasteiger partial charge in [-0.05, 0) is 23.8 Å². The normalized spacial score (nSPS) is 18.2. The van der Waals surface area contributed by atoms with Crippen LogP contribution in [0.3, 0.4) is 0 Å². The van der Waals surface area contributed by atoms with E-state index in [4.69, 9.17) is 11.6 Å². The summed E-state index contributed by atoms with van der Waals surface area (Å²) in [4.78, 5) is 40.8. The van der Waals surface area contributed by atoms with Gasteiger partial charge in [-0.15, -0.1) is 0 Å². The predicted octanol–water partition coefficient (Wildman–Crippen LogP) is 3.30. The van der Waals surface area contributed by atoms with Crippen LogP contribution in [0, 0.1) is 5.82 Å². The third kappa shape index (κ3) is 3.98. The lowest BCUT2D eigenvalue weighted by molar-refractivity contribution is -0.126. The van der Waals surface area contributed by atoms with E-state index in [9.17, 15) is 18.8 Å². The molecule has 4 amide bonds. The van der Waals surface area contributed by atoms with E-state index in [0.29, 0.717) is 21.9 Å². The summed E-state index contributed by atoms with van der Waals surface area (Å²) in [5, 5.41) is 5.78. The van der Waals surface area contributed by atoms with Crippen LogP contribution in [-0.4, -0.2) is 47.8 Å². The molecule has 1 atom stereocenters. The highest BCUT2D eigenvalue weighted by atomic mass is 35.5. The second-order valence-corrected chi connectivity index (χ2v) is 7.74. The lowest BCUT2D eigenvalue weighted by Gasteiger charge is -2.31. The van der Waals surface area contributed by atoms with Crippen LogP contribution < -0.4 is 10.6 Å². The Bertz CT molecular complexity index is 1100. The molecule has 160 valence electrons. The number of benzene rings is 2. The van der Waals surface area contributed by atoms with Crippen molar-refractivity contribution in [3.63, 3.8) is 0 Å². The Morgan fingerprint density at radius 1 is 1.19 bits per heavy atom. The van der Waals surface area contributed by atoms with Crippen LogP contribution in [0.1, 0.15) is 18.0 Å². The van der Waals surface area contributed by atoms with Gasteiger partial charge in [0.05, 0.1) is 29.5 Å². The Labute approximate surface area is 183 Å². The van der Waals surface area contributed by atoms with Gasteiger partial charge in [0.2, 0.25) is 5.91 Å². The molecule has 31 heavy (non-hydrogen) atoms. The maximum Gasteiger partial charge on any atom is 0.322 e. The van der Waals surface area contributed by atoms with Gasteiger partial charge in [-0.1, -0.05) is 41.9 Å². The molecule has 0 saturated heterocycles. The molecule has 2 aromatic rings. The minimum absolute atomic E-state index is 0.0114. The molecule has 2 heterocycles. The van der Waals surface area contributed by atoms with Crippen molar-refractivity contribution in [3.05, 3.63) is 76.2 Å². The number of hydrogen-bond donors (Lipinski definition) is 2. The van der Waals surface area contributed by atoms with Crippen LogP contribution in [-0.2, 0) is 9.59 Å². The first-order valence-electron chi connectivity index (χ1n) is 9.72. The van der Waals surface area contributed by atoms with E-state index in [1.165, 1.54) is 28.0 Å². The number of rotatable bonds is 5. The Morgan fingerprint density at radius 3 is 2.65 bits per heavy atom. The monoisotopic (exact) mass is 442 g/mol. The van der Waals surface area contributed by atoms with Crippen molar-refractivity contribution >= 4 is 35.1 Å². The Kier molecular flexibility index (Phi) is 5.65. The van der Waals surface area contributed by atoms with Crippen LogP contribution in [0.25, 0.3) is 0 Å². The summed E-state index contributed by atoms with van der Waals surface area (Å²) in [6.45, 7) is 0.329. The lowest BCUT2D eigenvalue weighted by Crippen LogP contribution is -2.45. The minimum Gasteiger partial charge on any atom is -0.332 e. The largest absolute Gasteiger partial charge is 0.332 e. The van der Waals surface area contributed by atoms with Crippen LogP contribution in [0.4, 0.5) is 14.9 Å². The van der Waals surface area contributed by atoms with Gasteiger partial charge < -0.3 is 15.5 Å². The van der Waals surface area contributed by atoms with Gasteiger partial charge in [0, 0.05) is 25.0 Å². The highest BCUT2D eigenvalue weighted by Crippen LogP contribution is 2.37. The molecule has 0 bridgehead atoms. The molecule has 0 spiro atoms. The summed E-state index contributed by atoms with van der Waals surface area (Å²) in [5.74, 6) is -1.21. The molecule has 7 nitrogen and oxygen atoms in total. The van der Waals surface area contributed by atoms with Crippen LogP contribution in [0.15, 0.2) is 59.8 Å². The number of amides is 4. The van der Waals surface area contributed by atoms with Gasteiger partial charge in [0.1, 0.15) is 5.82 Å². The van der Waals surface area contributed by atoms with Crippen LogP contribution >= 0.6 is 11.6 Å². The number of carbonyl (C=O) groups excluding carboxylic acids is 3. The molecule has 2 N–H and O–H groups in total. The van der Waals surface area contributed by atoms with Crippen molar-refractivity contribution in [1.29, 1.82) is 0 Å². The molecule has 0 aliphatic carbocycles. The first-order valence-corrected chi connectivity index (χ1v) is 10.1. The molecule has 1 unspecified atom stereocenters. The third-order valence-corrected chi connectivity index (χ3v) is 5.75. The SMILES string of the molecule is CN1C(=O)NC(c2ccccc2Cl)C2=C1CN(CCC(=O)Nc1ccccc1F)C2=O. The second kappa shape index (κ2) is 8.39. The highest BCUT2D eigenvalue weighted by molar-refractivity contribution is 6.31. The van der Waals surface area contributed by atoms with Gasteiger partial charge in [0.15, 0.2) is 0 Å². The fourth-order valence-electron chi connectivity index (χ4n) is 3.76. The van der Waals surface area contributed by atoms with Crippen LogP contribution in [0.2, 0.25) is 5.02 Å². The van der Waals surface area contributed by atoms with E-state index in [1.54, 1.807) is 37.4 Å². The number of nitrogens with zero attached hydrogens (tertiary/aromatic N) is 2. The van der Waals surface area contributed by atoms with Crippen molar-refractivity contribution in [2.45, 2.75) is 12.5 Å². The predicted molar refractivity (Wildman–Crippen MR) is 114 cm³/mol. The molecule has 2 aromatic carbocycles. The summed E-state index contributed by atoms with van der Waals surface area (Å²) in [6, 6.07) is 11.9. The molecule has 0 radical (unpaired) electrons. The zero-order chi connectivity index (χ0) is 22.1. The molecule has 4 rings (SSSR count). The topological polar surface area (TPSA) is 81.8 Å². The second-order valence-electron chi connectivity index (χ2n) is 7.33. The lowest BCUT2D eigenvalue weighted by atomic mass is 9.95. The summed E-state index contributed by atoms with van der Waals surface area (Å²) in [6.07, 6.45) is -0.0114. The minimum atomic E-state index is -0.669. The number of hydrogen-bond acceptors (Lipinski definition) is 3. The van der Waals surface area contributed by atoms with Gasteiger partial charge in [-0.2, -0.15) is 0 Å². The van der Waals surface area contributed by atoms with E-state index in [-0.39, 0.29) is 37.1 Å². The van der Waals surface area contributed by atoms with Gasteiger partial charge in [-0.3, -0.25) is 14.5 Å². The molecule has 0 saturated carbocycles. The fourth-order valence-corrected chi connectivity index (χ4v) is 4.00. The molecule has 2 aliphatic rings. The average molecular weight is 443 g/mol. The smallest absolute Gasteiger partial charge is 0.322 e. The molecule has 9 heteroatoms. The number of para-hydroxylation sites is 1. The Balaban J connectivity index is 1.49. The number of halogens is 2. The Morgan fingerprint density at radius 2 is 1.90 bits per heavy atom. The molecule has 2 aliphatic heterocycles. The van der Waals surface area contributed by atoms with Gasteiger partial charge in [0.25, 0.3) is 5.91 Å².